The van der Waals surface area contributed by atoms with Crippen LogP contribution in [0.5, 0.6) is 0 Å². The minimum Gasteiger partial charge on any atom is -0.331 e. The van der Waals surface area contributed by atoms with Gasteiger partial charge in [-0.1, -0.05) is 18.2 Å². The molecule has 2 aromatic rings. The Morgan fingerprint density at radius 1 is 1.33 bits per heavy atom. The van der Waals surface area contributed by atoms with Crippen molar-refractivity contribution in [3.63, 3.8) is 0 Å². The lowest BCUT2D eigenvalue weighted by molar-refractivity contribution is 0.0722. The average molecular weight is 243 g/mol. The number of hydrogen-bond donors (Lipinski definition) is 0. The number of fused-ring (bicyclic) bond motifs is 1. The third-order valence-corrected chi connectivity index (χ3v) is 3.07. The molecule has 3 rings (SSSR count). The maximum Gasteiger partial charge on any atom is 0.254 e. The lowest BCUT2D eigenvalue weighted by Gasteiger charge is -2.27. The van der Waals surface area contributed by atoms with E-state index in [1.54, 1.807) is 11.9 Å². The SMILES string of the molecule is Cn1nnc(CN2CCc3ccccc3C2=O)n1. The first kappa shape index (κ1) is 10.9. The maximum absolute atomic E-state index is 12.3. The summed E-state index contributed by atoms with van der Waals surface area (Å²) in [5, 5.41) is 11.8. The third kappa shape index (κ3) is 1.85. The molecule has 0 radical (unpaired) electrons. The van der Waals surface area contributed by atoms with Crippen molar-refractivity contribution in [1.29, 1.82) is 0 Å². The van der Waals surface area contributed by atoms with E-state index in [0.29, 0.717) is 18.9 Å². The predicted molar refractivity (Wildman–Crippen MR) is 63.7 cm³/mol. The van der Waals surface area contributed by atoms with Crippen molar-refractivity contribution < 1.29 is 4.79 Å². The summed E-state index contributed by atoms with van der Waals surface area (Å²) in [7, 11) is 1.71. The molecule has 0 spiro atoms. The first-order valence-corrected chi connectivity index (χ1v) is 5.84. The van der Waals surface area contributed by atoms with E-state index in [2.05, 4.69) is 15.4 Å². The van der Waals surface area contributed by atoms with Crippen LogP contribution < -0.4 is 0 Å². The van der Waals surface area contributed by atoms with E-state index in [4.69, 9.17) is 0 Å². The van der Waals surface area contributed by atoms with Crippen molar-refractivity contribution in [3.8, 4) is 0 Å². The first-order valence-electron chi connectivity index (χ1n) is 5.84. The van der Waals surface area contributed by atoms with Crippen molar-refractivity contribution in [2.24, 2.45) is 7.05 Å². The molecular weight excluding hydrogens is 230 g/mol. The van der Waals surface area contributed by atoms with Gasteiger partial charge in [-0.15, -0.1) is 10.2 Å². The van der Waals surface area contributed by atoms with Gasteiger partial charge in [0.05, 0.1) is 13.6 Å². The lowest BCUT2D eigenvalue weighted by atomic mass is 9.99. The molecule has 0 saturated heterocycles. The molecule has 18 heavy (non-hydrogen) atoms. The second-order valence-electron chi connectivity index (χ2n) is 4.33. The Hall–Kier alpha value is -2.24. The van der Waals surface area contributed by atoms with Gasteiger partial charge in [-0.25, -0.2) is 0 Å². The molecule has 1 aliphatic heterocycles. The maximum atomic E-state index is 12.3. The molecule has 0 aliphatic carbocycles. The van der Waals surface area contributed by atoms with Crippen LogP contribution in [0.15, 0.2) is 24.3 Å². The fraction of sp³-hybridized carbons (Fsp3) is 0.333. The van der Waals surface area contributed by atoms with E-state index in [9.17, 15) is 4.79 Å². The van der Waals surface area contributed by atoms with Crippen LogP contribution in [0.3, 0.4) is 0 Å². The molecule has 1 aromatic carbocycles. The van der Waals surface area contributed by atoms with E-state index < -0.39 is 0 Å². The molecule has 1 aromatic heterocycles. The van der Waals surface area contributed by atoms with Crippen LogP contribution in [0.25, 0.3) is 0 Å². The topological polar surface area (TPSA) is 63.9 Å². The molecule has 0 saturated carbocycles. The highest BCUT2D eigenvalue weighted by Crippen LogP contribution is 2.19. The number of tetrazole rings is 1. The van der Waals surface area contributed by atoms with Gasteiger partial charge in [0.1, 0.15) is 0 Å². The highest BCUT2D eigenvalue weighted by atomic mass is 16.2. The third-order valence-electron chi connectivity index (χ3n) is 3.07. The molecule has 0 fully saturated rings. The molecule has 0 atom stereocenters. The Bertz CT molecular complexity index is 592. The Morgan fingerprint density at radius 3 is 2.94 bits per heavy atom. The largest absolute Gasteiger partial charge is 0.331 e. The average Bonchev–Trinajstić information content (AvgIpc) is 2.79. The lowest BCUT2D eigenvalue weighted by Crippen LogP contribution is -2.37. The highest BCUT2D eigenvalue weighted by Gasteiger charge is 2.24. The van der Waals surface area contributed by atoms with Gasteiger partial charge in [-0.2, -0.15) is 4.80 Å². The minimum atomic E-state index is 0.0457. The van der Waals surface area contributed by atoms with E-state index in [1.165, 1.54) is 4.80 Å². The van der Waals surface area contributed by atoms with Gasteiger partial charge < -0.3 is 4.90 Å². The zero-order valence-electron chi connectivity index (χ0n) is 10.1. The number of amides is 1. The number of aryl methyl sites for hydroxylation is 1. The fourth-order valence-corrected chi connectivity index (χ4v) is 2.18. The molecule has 0 bridgehead atoms. The molecule has 6 nitrogen and oxygen atoms in total. The minimum absolute atomic E-state index is 0.0457. The molecule has 0 N–H and O–H groups in total. The summed E-state index contributed by atoms with van der Waals surface area (Å²) in [6.07, 6.45) is 0.877. The number of carbonyl (C=O) groups excluding carboxylic acids is 1. The molecule has 1 amide bonds. The number of nitrogens with zero attached hydrogens (tertiary/aromatic N) is 5. The van der Waals surface area contributed by atoms with Crippen molar-refractivity contribution in [2.45, 2.75) is 13.0 Å². The normalized spacial score (nSPS) is 14.7. The Morgan fingerprint density at radius 2 is 2.17 bits per heavy atom. The first-order chi connectivity index (χ1) is 8.74. The smallest absolute Gasteiger partial charge is 0.254 e. The molecular formula is C12H13N5O. The fourth-order valence-electron chi connectivity index (χ4n) is 2.18. The predicted octanol–water partition coefficient (Wildman–Crippen LogP) is 0.409. The van der Waals surface area contributed by atoms with Crippen molar-refractivity contribution in [3.05, 3.63) is 41.2 Å². The summed E-state index contributed by atoms with van der Waals surface area (Å²) in [6.45, 7) is 1.12. The van der Waals surface area contributed by atoms with E-state index in [-0.39, 0.29) is 5.91 Å². The quantitative estimate of drug-likeness (QED) is 0.766. The van der Waals surface area contributed by atoms with Gasteiger partial charge >= 0.3 is 0 Å². The Balaban J connectivity index is 1.82. The summed E-state index contributed by atoms with van der Waals surface area (Å²) < 4.78 is 0. The van der Waals surface area contributed by atoms with Crippen LogP contribution in [0.1, 0.15) is 21.7 Å². The summed E-state index contributed by atoms with van der Waals surface area (Å²) in [4.78, 5) is 15.4. The molecule has 1 aliphatic rings. The van der Waals surface area contributed by atoms with Gasteiger partial charge in [-0.3, -0.25) is 4.79 Å². The summed E-state index contributed by atoms with van der Waals surface area (Å²) >= 11 is 0. The van der Waals surface area contributed by atoms with Crippen LogP contribution in [-0.2, 0) is 20.0 Å². The molecule has 6 heteroatoms. The number of benzene rings is 1. The second-order valence-corrected chi connectivity index (χ2v) is 4.33. The molecule has 2 heterocycles. The van der Waals surface area contributed by atoms with Crippen LogP contribution in [-0.4, -0.2) is 37.6 Å². The van der Waals surface area contributed by atoms with Gasteiger partial charge in [-0.05, 0) is 23.3 Å². The Labute approximate surface area is 104 Å². The summed E-state index contributed by atoms with van der Waals surface area (Å²) in [6, 6.07) is 7.73. The van der Waals surface area contributed by atoms with Crippen molar-refractivity contribution in [1.82, 2.24) is 25.1 Å². The van der Waals surface area contributed by atoms with Crippen LogP contribution in [0.4, 0.5) is 0 Å². The number of hydrogen-bond acceptors (Lipinski definition) is 4. The highest BCUT2D eigenvalue weighted by molar-refractivity contribution is 5.96. The second kappa shape index (κ2) is 4.21. The number of carbonyl (C=O) groups is 1. The zero-order valence-corrected chi connectivity index (χ0v) is 10.1. The number of rotatable bonds is 2. The summed E-state index contributed by atoms with van der Waals surface area (Å²) in [5.41, 5.74) is 1.90. The van der Waals surface area contributed by atoms with Crippen LogP contribution in [0, 0.1) is 0 Å². The summed E-state index contributed by atoms with van der Waals surface area (Å²) in [5.74, 6) is 0.620. The Kier molecular flexibility index (Phi) is 2.55. The monoisotopic (exact) mass is 243 g/mol. The van der Waals surface area contributed by atoms with E-state index >= 15 is 0 Å². The van der Waals surface area contributed by atoms with E-state index in [0.717, 1.165) is 17.5 Å². The van der Waals surface area contributed by atoms with Gasteiger partial charge in [0.15, 0.2) is 5.82 Å². The molecule has 0 unspecified atom stereocenters. The van der Waals surface area contributed by atoms with Crippen LogP contribution in [0.2, 0.25) is 0 Å². The van der Waals surface area contributed by atoms with Gasteiger partial charge in [0.25, 0.3) is 5.91 Å². The van der Waals surface area contributed by atoms with Crippen molar-refractivity contribution >= 4 is 5.91 Å². The zero-order chi connectivity index (χ0) is 12.5. The molecule has 92 valence electrons. The number of aromatic nitrogens is 4. The van der Waals surface area contributed by atoms with Crippen LogP contribution >= 0.6 is 0 Å². The van der Waals surface area contributed by atoms with Gasteiger partial charge in [0.2, 0.25) is 0 Å². The van der Waals surface area contributed by atoms with E-state index in [1.807, 2.05) is 24.3 Å². The van der Waals surface area contributed by atoms with Crippen molar-refractivity contribution in [2.75, 3.05) is 6.54 Å². The standard InChI is InChI=1S/C12H13N5O/c1-16-14-11(13-15-16)8-17-7-6-9-4-2-3-5-10(9)12(17)18/h2-5H,6-8H2,1H3. The van der Waals surface area contributed by atoms with Gasteiger partial charge in [0, 0.05) is 12.1 Å².